The van der Waals surface area contributed by atoms with Crippen LogP contribution in [0.1, 0.15) is 46.1 Å². The Morgan fingerprint density at radius 3 is 2.10 bits per heavy atom. The van der Waals surface area contributed by atoms with Crippen LogP contribution in [0.5, 0.6) is 5.75 Å². The summed E-state index contributed by atoms with van der Waals surface area (Å²) in [5, 5.41) is 3.46. The molecule has 8 nitrogen and oxygen atoms in total. The molecule has 11 heteroatoms. The molecule has 0 saturated heterocycles. The first kappa shape index (κ1) is 32.9. The SMILES string of the molecule is CCOc1ccc(N(CC(=O)N(Cc2ccc(Cl)cc2)[C@@H](CC)C(=O)N[C@H](C)CC)S(=O)(=O)c2ccc(F)cc2)cc1. The zero-order valence-corrected chi connectivity index (χ0v) is 25.8. The minimum absolute atomic E-state index is 0.0517. The van der Waals surface area contributed by atoms with E-state index in [0.29, 0.717) is 30.2 Å². The predicted octanol–water partition coefficient (Wildman–Crippen LogP) is 5.80. The van der Waals surface area contributed by atoms with Gasteiger partial charge in [-0.25, -0.2) is 12.8 Å². The van der Waals surface area contributed by atoms with Gasteiger partial charge < -0.3 is 15.0 Å². The molecule has 0 aliphatic carbocycles. The van der Waals surface area contributed by atoms with Crippen molar-refractivity contribution in [3.63, 3.8) is 0 Å². The molecule has 0 fully saturated rings. The third-order valence-electron chi connectivity index (χ3n) is 6.77. The summed E-state index contributed by atoms with van der Waals surface area (Å²) in [6.07, 6.45) is 1.00. The summed E-state index contributed by atoms with van der Waals surface area (Å²) in [6, 6.07) is 16.6. The van der Waals surface area contributed by atoms with Gasteiger partial charge in [0.1, 0.15) is 24.2 Å². The predicted molar refractivity (Wildman–Crippen MR) is 163 cm³/mol. The number of rotatable bonds is 14. The first-order valence-electron chi connectivity index (χ1n) is 13.9. The summed E-state index contributed by atoms with van der Waals surface area (Å²) in [4.78, 5) is 28.6. The molecule has 42 heavy (non-hydrogen) atoms. The van der Waals surface area contributed by atoms with Crippen LogP contribution in [0.2, 0.25) is 5.02 Å². The molecule has 226 valence electrons. The molecule has 3 aromatic carbocycles. The second-order valence-corrected chi connectivity index (χ2v) is 12.1. The summed E-state index contributed by atoms with van der Waals surface area (Å²) < 4.78 is 47.9. The fraction of sp³-hybridized carbons (Fsp3) is 0.355. The summed E-state index contributed by atoms with van der Waals surface area (Å²) in [7, 11) is -4.32. The molecule has 2 amide bonds. The van der Waals surface area contributed by atoms with Gasteiger partial charge in [-0.15, -0.1) is 0 Å². The Hall–Kier alpha value is -3.63. The normalized spacial score (nSPS) is 12.7. The van der Waals surface area contributed by atoms with Crippen LogP contribution in [0.3, 0.4) is 0 Å². The van der Waals surface area contributed by atoms with Gasteiger partial charge in [0, 0.05) is 17.6 Å². The molecular formula is C31H37ClFN3O5S. The Balaban J connectivity index is 2.05. The van der Waals surface area contributed by atoms with E-state index in [2.05, 4.69) is 5.32 Å². The van der Waals surface area contributed by atoms with E-state index < -0.39 is 34.3 Å². The van der Waals surface area contributed by atoms with Crippen molar-refractivity contribution in [3.8, 4) is 5.75 Å². The number of halogens is 2. The Morgan fingerprint density at radius 1 is 0.929 bits per heavy atom. The van der Waals surface area contributed by atoms with Crippen LogP contribution in [-0.2, 0) is 26.2 Å². The summed E-state index contributed by atoms with van der Waals surface area (Å²) in [6.45, 7) is 7.31. The van der Waals surface area contributed by atoms with E-state index in [-0.39, 0.29) is 29.1 Å². The molecule has 0 spiro atoms. The van der Waals surface area contributed by atoms with Crippen molar-refractivity contribution in [2.45, 2.75) is 64.1 Å². The van der Waals surface area contributed by atoms with Crippen LogP contribution < -0.4 is 14.4 Å². The van der Waals surface area contributed by atoms with Crippen molar-refractivity contribution in [1.82, 2.24) is 10.2 Å². The fourth-order valence-electron chi connectivity index (χ4n) is 4.28. The minimum atomic E-state index is -4.32. The molecule has 3 aromatic rings. The van der Waals surface area contributed by atoms with Crippen molar-refractivity contribution in [1.29, 1.82) is 0 Å². The van der Waals surface area contributed by atoms with Crippen molar-refractivity contribution in [2.75, 3.05) is 17.5 Å². The molecule has 0 aliphatic rings. The first-order valence-corrected chi connectivity index (χ1v) is 15.7. The minimum Gasteiger partial charge on any atom is -0.494 e. The number of hydrogen-bond donors (Lipinski definition) is 1. The number of anilines is 1. The second kappa shape index (κ2) is 15.0. The van der Waals surface area contributed by atoms with Crippen molar-refractivity contribution in [2.24, 2.45) is 0 Å². The maximum absolute atomic E-state index is 14.1. The molecule has 2 atom stereocenters. The zero-order chi connectivity index (χ0) is 30.9. The Labute approximate surface area is 252 Å². The van der Waals surface area contributed by atoms with Crippen LogP contribution in [0, 0.1) is 5.82 Å². The molecular weight excluding hydrogens is 581 g/mol. The average Bonchev–Trinajstić information content (AvgIpc) is 2.97. The number of benzene rings is 3. The van der Waals surface area contributed by atoms with E-state index >= 15 is 0 Å². The molecule has 0 saturated carbocycles. The van der Waals surface area contributed by atoms with E-state index in [1.165, 1.54) is 17.0 Å². The molecule has 0 unspecified atom stereocenters. The van der Waals surface area contributed by atoms with E-state index in [1.807, 2.05) is 20.8 Å². The number of hydrogen-bond acceptors (Lipinski definition) is 5. The highest BCUT2D eigenvalue weighted by molar-refractivity contribution is 7.92. The molecule has 0 aliphatic heterocycles. The quantitative estimate of drug-likeness (QED) is 0.247. The number of nitrogens with one attached hydrogen (secondary N) is 1. The van der Waals surface area contributed by atoms with Gasteiger partial charge in [-0.1, -0.05) is 37.6 Å². The lowest BCUT2D eigenvalue weighted by atomic mass is 10.1. The number of carbonyl (C=O) groups excluding carboxylic acids is 2. The Morgan fingerprint density at radius 2 is 1.55 bits per heavy atom. The van der Waals surface area contributed by atoms with Gasteiger partial charge in [0.2, 0.25) is 11.8 Å². The smallest absolute Gasteiger partial charge is 0.264 e. The molecule has 1 N–H and O–H groups in total. The standard InChI is InChI=1S/C31H37ClFN3O5S/c1-5-22(4)34-31(38)29(6-2)35(20-23-8-10-24(32)11-9-23)30(37)21-36(26-14-16-27(17-15-26)41-7-3)42(39,40)28-18-12-25(33)13-19-28/h8-19,22,29H,5-7,20-21H2,1-4H3,(H,34,38)/t22-,29+/m1/s1. The van der Waals surface area contributed by atoms with Crippen LogP contribution in [0.25, 0.3) is 0 Å². The third kappa shape index (κ3) is 8.45. The van der Waals surface area contributed by atoms with E-state index in [0.717, 1.165) is 34.1 Å². The largest absolute Gasteiger partial charge is 0.494 e. The maximum atomic E-state index is 14.1. The van der Waals surface area contributed by atoms with Gasteiger partial charge in [-0.2, -0.15) is 0 Å². The number of nitrogens with zero attached hydrogens (tertiary/aromatic N) is 2. The fourth-order valence-corrected chi connectivity index (χ4v) is 5.83. The maximum Gasteiger partial charge on any atom is 0.264 e. The van der Waals surface area contributed by atoms with Crippen molar-refractivity contribution < 1.29 is 27.1 Å². The number of ether oxygens (including phenoxy) is 1. The topological polar surface area (TPSA) is 96.0 Å². The number of sulfonamides is 1. The third-order valence-corrected chi connectivity index (χ3v) is 8.81. The lowest BCUT2D eigenvalue weighted by molar-refractivity contribution is -0.140. The van der Waals surface area contributed by atoms with Crippen LogP contribution in [-0.4, -0.2) is 50.4 Å². The molecule has 0 radical (unpaired) electrons. The summed E-state index contributed by atoms with van der Waals surface area (Å²) in [5.41, 5.74) is 0.927. The highest BCUT2D eigenvalue weighted by Crippen LogP contribution is 2.27. The van der Waals surface area contributed by atoms with Crippen LogP contribution in [0.4, 0.5) is 10.1 Å². The highest BCUT2D eigenvalue weighted by Gasteiger charge is 2.34. The van der Waals surface area contributed by atoms with Crippen LogP contribution >= 0.6 is 11.6 Å². The van der Waals surface area contributed by atoms with Gasteiger partial charge in [-0.05, 0) is 92.9 Å². The van der Waals surface area contributed by atoms with Gasteiger partial charge in [0.15, 0.2) is 0 Å². The number of amides is 2. The van der Waals surface area contributed by atoms with E-state index in [1.54, 1.807) is 43.3 Å². The van der Waals surface area contributed by atoms with Crippen LogP contribution in [0.15, 0.2) is 77.7 Å². The molecule has 0 aromatic heterocycles. The van der Waals surface area contributed by atoms with E-state index in [9.17, 15) is 22.4 Å². The lowest BCUT2D eigenvalue weighted by Crippen LogP contribution is -2.53. The van der Waals surface area contributed by atoms with Crippen molar-refractivity contribution >= 4 is 39.1 Å². The summed E-state index contributed by atoms with van der Waals surface area (Å²) in [5.74, 6) is -0.979. The Bertz CT molecular complexity index is 1430. The van der Waals surface area contributed by atoms with Gasteiger partial charge >= 0.3 is 0 Å². The molecule has 0 heterocycles. The number of carbonyl (C=O) groups is 2. The lowest BCUT2D eigenvalue weighted by Gasteiger charge is -2.33. The molecule has 0 bridgehead atoms. The average molecular weight is 618 g/mol. The highest BCUT2D eigenvalue weighted by atomic mass is 35.5. The zero-order valence-electron chi connectivity index (χ0n) is 24.2. The van der Waals surface area contributed by atoms with E-state index in [4.69, 9.17) is 16.3 Å². The van der Waals surface area contributed by atoms with Gasteiger partial charge in [0.05, 0.1) is 17.2 Å². The monoisotopic (exact) mass is 617 g/mol. The molecule has 3 rings (SSSR count). The first-order chi connectivity index (χ1) is 20.0. The second-order valence-electron chi connectivity index (χ2n) is 9.78. The van der Waals surface area contributed by atoms with Gasteiger partial charge in [0.25, 0.3) is 10.0 Å². The summed E-state index contributed by atoms with van der Waals surface area (Å²) >= 11 is 6.06. The Kier molecular flexibility index (Phi) is 11.8. The van der Waals surface area contributed by atoms with Gasteiger partial charge in [-0.3, -0.25) is 13.9 Å². The van der Waals surface area contributed by atoms with Crippen molar-refractivity contribution in [3.05, 3.63) is 89.2 Å².